The van der Waals surface area contributed by atoms with Gasteiger partial charge < -0.3 is 10.1 Å². The summed E-state index contributed by atoms with van der Waals surface area (Å²) in [6, 6.07) is 12.4. The predicted octanol–water partition coefficient (Wildman–Crippen LogP) is 4.69. The number of nitrogens with one attached hydrogen (secondary N) is 1. The van der Waals surface area contributed by atoms with E-state index in [2.05, 4.69) is 28.2 Å². The molecule has 0 aliphatic carbocycles. The first kappa shape index (κ1) is 16.0. The molecule has 1 N–H and O–H groups in total. The van der Waals surface area contributed by atoms with E-state index in [1.807, 2.05) is 24.3 Å². The van der Waals surface area contributed by atoms with Gasteiger partial charge in [-0.25, -0.2) is 4.39 Å². The van der Waals surface area contributed by atoms with E-state index < -0.39 is 0 Å². The van der Waals surface area contributed by atoms with Gasteiger partial charge in [0.1, 0.15) is 11.6 Å². The van der Waals surface area contributed by atoms with Crippen molar-refractivity contribution in [2.75, 3.05) is 13.7 Å². The van der Waals surface area contributed by atoms with E-state index in [9.17, 15) is 4.39 Å². The Morgan fingerprint density at radius 2 is 1.95 bits per heavy atom. The van der Waals surface area contributed by atoms with Crippen molar-refractivity contribution in [3.63, 3.8) is 0 Å². The molecule has 2 aromatic carbocycles. The maximum Gasteiger partial charge on any atom is 0.123 e. The molecule has 0 amide bonds. The molecule has 2 rings (SSSR count). The number of rotatable bonds is 6. The molecule has 0 heterocycles. The smallest absolute Gasteiger partial charge is 0.123 e. The number of methoxy groups -OCH3 is 1. The Hall–Kier alpha value is -1.39. The Labute approximate surface area is 133 Å². The van der Waals surface area contributed by atoms with Crippen molar-refractivity contribution in [2.24, 2.45) is 0 Å². The van der Waals surface area contributed by atoms with Crippen LogP contribution in [0.25, 0.3) is 0 Å². The third-order valence-electron chi connectivity index (χ3n) is 3.32. The van der Waals surface area contributed by atoms with E-state index in [0.717, 1.165) is 34.3 Å². The van der Waals surface area contributed by atoms with Gasteiger partial charge in [-0.2, -0.15) is 0 Å². The summed E-state index contributed by atoms with van der Waals surface area (Å²) < 4.78 is 20.0. The molecule has 0 saturated carbocycles. The molecule has 0 radical (unpaired) electrons. The molecule has 21 heavy (non-hydrogen) atoms. The number of hydrogen-bond donors (Lipinski definition) is 1. The first-order valence-electron chi connectivity index (χ1n) is 6.98. The van der Waals surface area contributed by atoms with Gasteiger partial charge in [0, 0.05) is 10.0 Å². The van der Waals surface area contributed by atoms with Gasteiger partial charge >= 0.3 is 0 Å². The summed E-state index contributed by atoms with van der Waals surface area (Å²) >= 11 is 3.52. The summed E-state index contributed by atoms with van der Waals surface area (Å²) in [4.78, 5) is 0. The highest BCUT2D eigenvalue weighted by atomic mass is 79.9. The van der Waals surface area contributed by atoms with Crippen LogP contribution in [0, 0.1) is 5.82 Å². The number of para-hydroxylation sites is 1. The predicted molar refractivity (Wildman–Crippen MR) is 87.2 cm³/mol. The largest absolute Gasteiger partial charge is 0.496 e. The van der Waals surface area contributed by atoms with Crippen LogP contribution in [0.5, 0.6) is 5.75 Å². The zero-order valence-electron chi connectivity index (χ0n) is 12.2. The fourth-order valence-electron chi connectivity index (χ4n) is 2.32. The summed E-state index contributed by atoms with van der Waals surface area (Å²) in [5.74, 6) is 0.550. The van der Waals surface area contributed by atoms with Crippen LogP contribution in [-0.2, 0) is 0 Å². The van der Waals surface area contributed by atoms with Gasteiger partial charge in [0.25, 0.3) is 0 Å². The second-order valence-electron chi connectivity index (χ2n) is 4.79. The zero-order valence-corrected chi connectivity index (χ0v) is 13.8. The molecule has 4 heteroatoms. The molecule has 0 saturated heterocycles. The fourth-order valence-corrected chi connectivity index (χ4v) is 2.79. The molecule has 0 fully saturated rings. The van der Waals surface area contributed by atoms with Gasteiger partial charge in [-0.15, -0.1) is 0 Å². The minimum absolute atomic E-state index is 0.119. The number of ether oxygens (including phenoxy) is 1. The molecule has 1 atom stereocenters. The Morgan fingerprint density at radius 3 is 2.67 bits per heavy atom. The maximum absolute atomic E-state index is 13.6. The average Bonchev–Trinajstić information content (AvgIpc) is 2.51. The Bertz CT molecular complexity index is 603. The van der Waals surface area contributed by atoms with Crippen molar-refractivity contribution in [3.05, 3.63) is 63.9 Å². The monoisotopic (exact) mass is 351 g/mol. The normalized spacial score (nSPS) is 12.2. The summed E-state index contributed by atoms with van der Waals surface area (Å²) in [5.41, 5.74) is 1.87. The third-order valence-corrected chi connectivity index (χ3v) is 4.04. The van der Waals surface area contributed by atoms with E-state index in [1.54, 1.807) is 19.2 Å². The van der Waals surface area contributed by atoms with Crippen molar-refractivity contribution in [1.82, 2.24) is 5.32 Å². The van der Waals surface area contributed by atoms with Crippen LogP contribution in [0.1, 0.15) is 30.5 Å². The highest BCUT2D eigenvalue weighted by Crippen LogP contribution is 2.34. The number of benzene rings is 2. The quantitative estimate of drug-likeness (QED) is 0.815. The topological polar surface area (TPSA) is 21.3 Å². The van der Waals surface area contributed by atoms with E-state index in [1.165, 1.54) is 6.07 Å². The molecular weight excluding hydrogens is 333 g/mol. The fraction of sp³-hybridized carbons (Fsp3) is 0.294. The highest BCUT2D eigenvalue weighted by Gasteiger charge is 2.20. The van der Waals surface area contributed by atoms with Crippen LogP contribution in [0.15, 0.2) is 46.9 Å². The third kappa shape index (κ3) is 3.83. The molecular formula is C17H19BrFNO. The first-order valence-corrected chi connectivity index (χ1v) is 7.78. The van der Waals surface area contributed by atoms with Gasteiger partial charge in [0.15, 0.2) is 0 Å². The zero-order chi connectivity index (χ0) is 15.2. The van der Waals surface area contributed by atoms with E-state index in [0.29, 0.717) is 0 Å². The number of hydrogen-bond acceptors (Lipinski definition) is 2. The van der Waals surface area contributed by atoms with Crippen molar-refractivity contribution in [1.29, 1.82) is 0 Å². The van der Waals surface area contributed by atoms with Gasteiger partial charge in [-0.1, -0.05) is 41.1 Å². The lowest BCUT2D eigenvalue weighted by Gasteiger charge is -2.23. The van der Waals surface area contributed by atoms with Gasteiger partial charge in [0.2, 0.25) is 0 Å². The summed E-state index contributed by atoms with van der Waals surface area (Å²) in [5, 5.41) is 3.47. The molecule has 0 aliphatic rings. The molecule has 2 nitrogen and oxygen atoms in total. The average molecular weight is 352 g/mol. The molecule has 1 unspecified atom stereocenters. The van der Waals surface area contributed by atoms with Crippen LogP contribution in [0.2, 0.25) is 0 Å². The van der Waals surface area contributed by atoms with Crippen molar-refractivity contribution >= 4 is 15.9 Å². The molecule has 0 aromatic heterocycles. The molecule has 0 spiro atoms. The van der Waals surface area contributed by atoms with Crippen LogP contribution >= 0.6 is 15.9 Å². The minimum atomic E-state index is -0.244. The lowest BCUT2D eigenvalue weighted by molar-refractivity contribution is 0.403. The van der Waals surface area contributed by atoms with Crippen LogP contribution in [-0.4, -0.2) is 13.7 Å². The first-order chi connectivity index (χ1) is 10.2. The van der Waals surface area contributed by atoms with Gasteiger partial charge in [-0.3, -0.25) is 0 Å². The van der Waals surface area contributed by atoms with Crippen LogP contribution < -0.4 is 10.1 Å². The van der Waals surface area contributed by atoms with Crippen LogP contribution in [0.3, 0.4) is 0 Å². The lowest BCUT2D eigenvalue weighted by Crippen LogP contribution is -2.24. The molecule has 0 aliphatic heterocycles. The second kappa shape index (κ2) is 7.57. The van der Waals surface area contributed by atoms with E-state index in [4.69, 9.17) is 4.74 Å². The molecule has 0 bridgehead atoms. The van der Waals surface area contributed by atoms with Gasteiger partial charge in [-0.05, 0) is 42.8 Å². The van der Waals surface area contributed by atoms with Crippen LogP contribution in [0.4, 0.5) is 4.39 Å². The lowest BCUT2D eigenvalue weighted by atomic mass is 9.97. The number of halogens is 2. The second-order valence-corrected chi connectivity index (χ2v) is 5.65. The Kier molecular flexibility index (Phi) is 5.76. The summed E-state index contributed by atoms with van der Waals surface area (Å²) in [6.45, 7) is 2.94. The molecule has 112 valence electrons. The summed E-state index contributed by atoms with van der Waals surface area (Å²) in [7, 11) is 1.65. The standard InChI is InChI=1S/C17H19BrFNO/c1-3-10-20-17(13-6-4-5-7-16(13)21-2)14-11-12(19)8-9-15(14)18/h4-9,11,17,20H,3,10H2,1-2H3. The Morgan fingerprint density at radius 1 is 1.19 bits per heavy atom. The molecule has 2 aromatic rings. The van der Waals surface area contributed by atoms with Crippen molar-refractivity contribution in [3.8, 4) is 5.75 Å². The minimum Gasteiger partial charge on any atom is -0.496 e. The SMILES string of the molecule is CCCNC(c1cc(F)ccc1Br)c1ccccc1OC. The summed E-state index contributed by atoms with van der Waals surface area (Å²) in [6.07, 6.45) is 0.999. The van der Waals surface area contributed by atoms with Gasteiger partial charge in [0.05, 0.1) is 13.2 Å². The maximum atomic E-state index is 13.6. The highest BCUT2D eigenvalue weighted by molar-refractivity contribution is 9.10. The Balaban J connectivity index is 2.49. The van der Waals surface area contributed by atoms with Crippen molar-refractivity contribution < 1.29 is 9.13 Å². The van der Waals surface area contributed by atoms with E-state index in [-0.39, 0.29) is 11.9 Å². The van der Waals surface area contributed by atoms with E-state index >= 15 is 0 Å². The van der Waals surface area contributed by atoms with Crippen molar-refractivity contribution in [2.45, 2.75) is 19.4 Å².